The molecule has 0 spiro atoms. The second kappa shape index (κ2) is 4.35. The molecule has 1 N–H and O–H groups in total. The molecule has 2 saturated heterocycles. The molecule has 2 aliphatic heterocycles. The predicted molar refractivity (Wildman–Crippen MR) is 68.0 cm³/mol. The summed E-state index contributed by atoms with van der Waals surface area (Å²) in [6.07, 6.45) is 0.916. The van der Waals surface area contributed by atoms with Crippen molar-refractivity contribution in [1.82, 2.24) is 4.90 Å². The number of thioether (sulfide) groups is 1. The van der Waals surface area contributed by atoms with E-state index in [0.29, 0.717) is 0 Å². The molecule has 0 aliphatic carbocycles. The number of carbonyl (C=O) groups is 2. The number of rotatable bonds is 4. The fourth-order valence-electron chi connectivity index (χ4n) is 2.44. The van der Waals surface area contributed by atoms with Gasteiger partial charge in [-0.25, -0.2) is 4.79 Å². The number of carboxylic acids is 1. The average molecular weight is 309 g/mol. The predicted octanol–water partition coefficient (Wildman–Crippen LogP) is -0.274. The maximum Gasteiger partial charge on any atom is 0.327 e. The van der Waals surface area contributed by atoms with E-state index < -0.39 is 32.8 Å². The Hall–Kier alpha value is -0.800. The number of hydrogen-bond acceptors (Lipinski definition) is 6. The summed E-state index contributed by atoms with van der Waals surface area (Å²) in [4.78, 5) is 24.5. The summed E-state index contributed by atoms with van der Waals surface area (Å²) in [5, 5.41) is 8.87. The van der Waals surface area contributed by atoms with Gasteiger partial charge in [0.25, 0.3) is 10.1 Å². The zero-order chi connectivity index (χ0) is 14.6. The van der Waals surface area contributed by atoms with Crippen molar-refractivity contribution < 1.29 is 27.3 Å². The van der Waals surface area contributed by atoms with Crippen molar-refractivity contribution in [1.29, 1.82) is 0 Å². The SMILES string of the molecule is CC1(C)S[C@@H]2[C@H](COS(C)(=O)=O)C(=O)N2[C@H]1C(=O)O. The van der Waals surface area contributed by atoms with Crippen LogP contribution >= 0.6 is 11.8 Å². The number of fused-ring (bicyclic) bond motifs is 1. The minimum atomic E-state index is -3.60. The molecule has 0 aromatic rings. The summed E-state index contributed by atoms with van der Waals surface area (Å²) in [6.45, 7) is 3.29. The van der Waals surface area contributed by atoms with E-state index in [-0.39, 0.29) is 17.9 Å². The quantitative estimate of drug-likeness (QED) is 0.563. The second-order valence-electron chi connectivity index (χ2n) is 5.19. The Labute approximate surface area is 115 Å². The van der Waals surface area contributed by atoms with Gasteiger partial charge in [0.1, 0.15) is 6.04 Å². The van der Waals surface area contributed by atoms with Crippen molar-refractivity contribution in [2.24, 2.45) is 5.92 Å². The fourth-order valence-corrected chi connectivity index (χ4v) is 4.50. The Kier molecular flexibility index (Phi) is 3.35. The molecule has 0 aromatic carbocycles. The standard InChI is InChI=1S/C10H15NO6S2/c1-10(2)6(9(13)14)11-7(12)5(8(11)18-10)4-17-19(3,15)16/h5-6,8H,4H2,1-3H3,(H,13,14)/t5-,6+,8-/m1/s1. The Bertz CT molecular complexity index is 528. The summed E-state index contributed by atoms with van der Waals surface area (Å²) in [5.41, 5.74) is 0. The lowest BCUT2D eigenvalue weighted by molar-refractivity contribution is -0.164. The highest BCUT2D eigenvalue weighted by molar-refractivity contribution is 8.01. The van der Waals surface area contributed by atoms with Crippen LogP contribution in [0.15, 0.2) is 0 Å². The highest BCUT2D eigenvalue weighted by Gasteiger charge is 2.63. The average Bonchev–Trinajstić information content (AvgIpc) is 2.45. The molecule has 7 nitrogen and oxygen atoms in total. The van der Waals surface area contributed by atoms with Gasteiger partial charge >= 0.3 is 5.97 Å². The van der Waals surface area contributed by atoms with E-state index in [4.69, 9.17) is 0 Å². The van der Waals surface area contributed by atoms with Crippen molar-refractivity contribution in [3.8, 4) is 0 Å². The lowest BCUT2D eigenvalue weighted by Gasteiger charge is -2.43. The molecule has 0 radical (unpaired) electrons. The molecule has 2 heterocycles. The third kappa shape index (κ3) is 2.46. The second-order valence-corrected chi connectivity index (χ2v) is 8.61. The molecule has 2 rings (SSSR count). The third-order valence-electron chi connectivity index (χ3n) is 3.25. The van der Waals surface area contributed by atoms with E-state index >= 15 is 0 Å². The van der Waals surface area contributed by atoms with E-state index in [1.54, 1.807) is 13.8 Å². The van der Waals surface area contributed by atoms with Crippen LogP contribution in [0.25, 0.3) is 0 Å². The van der Waals surface area contributed by atoms with Crippen LogP contribution in [0.3, 0.4) is 0 Å². The Morgan fingerprint density at radius 1 is 1.53 bits per heavy atom. The normalized spacial score (nSPS) is 32.9. The number of hydrogen-bond donors (Lipinski definition) is 1. The maximum absolute atomic E-state index is 11.9. The van der Waals surface area contributed by atoms with Crippen molar-refractivity contribution in [2.75, 3.05) is 12.9 Å². The molecule has 19 heavy (non-hydrogen) atoms. The molecule has 9 heteroatoms. The molecule has 2 fully saturated rings. The van der Waals surface area contributed by atoms with Crippen LogP contribution in [0, 0.1) is 5.92 Å². The van der Waals surface area contributed by atoms with Gasteiger partial charge in [0.05, 0.1) is 24.2 Å². The van der Waals surface area contributed by atoms with Gasteiger partial charge < -0.3 is 10.0 Å². The van der Waals surface area contributed by atoms with Crippen LogP contribution in [0.2, 0.25) is 0 Å². The lowest BCUT2D eigenvalue weighted by atomic mass is 9.92. The Balaban J connectivity index is 2.12. The molecule has 0 bridgehead atoms. The van der Waals surface area contributed by atoms with Crippen LogP contribution in [0.4, 0.5) is 0 Å². The van der Waals surface area contributed by atoms with Crippen LogP contribution in [0.1, 0.15) is 13.8 Å². The van der Waals surface area contributed by atoms with E-state index in [1.807, 2.05) is 0 Å². The van der Waals surface area contributed by atoms with E-state index in [1.165, 1.54) is 16.7 Å². The number of nitrogens with zero attached hydrogens (tertiary/aromatic N) is 1. The van der Waals surface area contributed by atoms with Gasteiger partial charge in [-0.15, -0.1) is 11.8 Å². The topological polar surface area (TPSA) is 101 Å². The molecule has 0 saturated carbocycles. The minimum absolute atomic E-state index is 0.228. The first-order valence-electron chi connectivity index (χ1n) is 5.62. The van der Waals surface area contributed by atoms with Crippen molar-refractivity contribution in [2.45, 2.75) is 30.0 Å². The number of carbonyl (C=O) groups excluding carboxylic acids is 1. The van der Waals surface area contributed by atoms with Gasteiger partial charge in [-0.2, -0.15) is 8.42 Å². The molecule has 0 unspecified atom stereocenters. The monoisotopic (exact) mass is 309 g/mol. The fraction of sp³-hybridized carbons (Fsp3) is 0.800. The Morgan fingerprint density at radius 2 is 2.11 bits per heavy atom. The first kappa shape index (κ1) is 14.6. The molecule has 0 aromatic heterocycles. The maximum atomic E-state index is 11.9. The smallest absolute Gasteiger partial charge is 0.327 e. The van der Waals surface area contributed by atoms with Gasteiger partial charge in [0.2, 0.25) is 5.91 Å². The van der Waals surface area contributed by atoms with E-state index in [2.05, 4.69) is 4.18 Å². The van der Waals surface area contributed by atoms with Crippen LogP contribution < -0.4 is 0 Å². The molecular formula is C10H15NO6S2. The van der Waals surface area contributed by atoms with Gasteiger partial charge in [-0.3, -0.25) is 8.98 Å². The van der Waals surface area contributed by atoms with Gasteiger partial charge in [-0.05, 0) is 13.8 Å². The van der Waals surface area contributed by atoms with Gasteiger partial charge in [0.15, 0.2) is 0 Å². The van der Waals surface area contributed by atoms with Crippen molar-refractivity contribution in [3.05, 3.63) is 0 Å². The number of β-lactam (4-membered cyclic amide) rings is 1. The first-order valence-corrected chi connectivity index (χ1v) is 8.31. The zero-order valence-electron chi connectivity index (χ0n) is 10.7. The zero-order valence-corrected chi connectivity index (χ0v) is 12.3. The number of amides is 1. The molecule has 1 amide bonds. The van der Waals surface area contributed by atoms with Gasteiger partial charge in [-0.1, -0.05) is 0 Å². The van der Waals surface area contributed by atoms with Crippen molar-refractivity contribution >= 4 is 33.8 Å². The number of aliphatic carboxylic acids is 1. The van der Waals surface area contributed by atoms with E-state index in [9.17, 15) is 23.1 Å². The molecule has 2 aliphatic rings. The van der Waals surface area contributed by atoms with E-state index in [0.717, 1.165) is 6.26 Å². The molecule has 3 atom stereocenters. The number of carboxylic acid groups (broad SMARTS) is 1. The summed E-state index contributed by atoms with van der Waals surface area (Å²) >= 11 is 1.37. The summed E-state index contributed by atoms with van der Waals surface area (Å²) in [6, 6.07) is -0.885. The lowest BCUT2D eigenvalue weighted by Crippen LogP contribution is -2.63. The molecular weight excluding hydrogens is 294 g/mol. The summed E-state index contributed by atoms with van der Waals surface area (Å²) < 4.78 is 25.9. The largest absolute Gasteiger partial charge is 0.480 e. The highest BCUT2D eigenvalue weighted by Crippen LogP contribution is 2.53. The first-order chi connectivity index (χ1) is 8.54. The summed E-state index contributed by atoms with van der Waals surface area (Å²) in [7, 11) is -3.60. The van der Waals surface area contributed by atoms with Crippen molar-refractivity contribution in [3.63, 3.8) is 0 Å². The van der Waals surface area contributed by atoms with Crippen LogP contribution in [0.5, 0.6) is 0 Å². The van der Waals surface area contributed by atoms with Gasteiger partial charge in [0, 0.05) is 4.75 Å². The third-order valence-corrected chi connectivity index (χ3v) is 5.44. The Morgan fingerprint density at radius 3 is 2.58 bits per heavy atom. The highest BCUT2D eigenvalue weighted by atomic mass is 32.2. The minimum Gasteiger partial charge on any atom is -0.480 e. The molecule has 108 valence electrons. The van der Waals surface area contributed by atoms with Crippen LogP contribution in [-0.4, -0.2) is 59.3 Å². The summed E-state index contributed by atoms with van der Waals surface area (Å²) in [5.74, 6) is -2.00. The van der Waals surface area contributed by atoms with Crippen LogP contribution in [-0.2, 0) is 23.9 Å².